The SMILES string of the molecule is O=C(O)Cc1ccccc1Oc1ccc([N+](=O)[O-])cc1Cl. The topological polar surface area (TPSA) is 89.7 Å². The summed E-state index contributed by atoms with van der Waals surface area (Å²) in [6, 6.07) is 10.4. The first-order chi connectivity index (χ1) is 9.97. The zero-order chi connectivity index (χ0) is 15.4. The maximum Gasteiger partial charge on any atom is 0.307 e. The Morgan fingerprint density at radius 1 is 1.24 bits per heavy atom. The lowest BCUT2D eigenvalue weighted by Crippen LogP contribution is -2.02. The lowest BCUT2D eigenvalue weighted by molar-refractivity contribution is -0.384. The normalized spacial score (nSPS) is 10.1. The number of ether oxygens (including phenoxy) is 1. The molecule has 0 heterocycles. The molecule has 0 aromatic heterocycles. The number of aliphatic carboxylic acids is 1. The van der Waals surface area contributed by atoms with Gasteiger partial charge in [-0.15, -0.1) is 0 Å². The van der Waals surface area contributed by atoms with Crippen LogP contribution in [-0.2, 0) is 11.2 Å². The molecule has 0 bridgehead atoms. The number of carboxylic acids is 1. The van der Waals surface area contributed by atoms with E-state index in [-0.39, 0.29) is 22.9 Å². The van der Waals surface area contributed by atoms with Crippen LogP contribution >= 0.6 is 11.6 Å². The molecule has 0 aliphatic carbocycles. The van der Waals surface area contributed by atoms with Crippen molar-refractivity contribution in [2.24, 2.45) is 0 Å². The van der Waals surface area contributed by atoms with E-state index < -0.39 is 10.9 Å². The number of hydrogen-bond acceptors (Lipinski definition) is 4. The van der Waals surface area contributed by atoms with Crippen molar-refractivity contribution in [3.8, 4) is 11.5 Å². The third kappa shape index (κ3) is 3.70. The fourth-order valence-electron chi connectivity index (χ4n) is 1.72. The van der Waals surface area contributed by atoms with Gasteiger partial charge in [0.05, 0.1) is 16.4 Å². The molecule has 21 heavy (non-hydrogen) atoms. The molecule has 0 amide bonds. The van der Waals surface area contributed by atoms with Gasteiger partial charge in [0.15, 0.2) is 0 Å². The standard InChI is InChI=1S/C14H10ClNO5/c15-11-8-10(16(19)20)5-6-13(11)21-12-4-2-1-3-9(12)7-14(17)18/h1-6,8H,7H2,(H,17,18). The fourth-order valence-corrected chi connectivity index (χ4v) is 1.93. The molecule has 7 heteroatoms. The van der Waals surface area contributed by atoms with Crippen molar-refractivity contribution in [3.63, 3.8) is 0 Å². The van der Waals surface area contributed by atoms with E-state index in [2.05, 4.69) is 0 Å². The quantitative estimate of drug-likeness (QED) is 0.672. The highest BCUT2D eigenvalue weighted by Crippen LogP contribution is 2.33. The molecule has 1 N–H and O–H groups in total. The summed E-state index contributed by atoms with van der Waals surface area (Å²) in [4.78, 5) is 20.9. The number of carboxylic acid groups (broad SMARTS) is 1. The van der Waals surface area contributed by atoms with E-state index in [1.807, 2.05) is 0 Å². The van der Waals surface area contributed by atoms with E-state index in [1.54, 1.807) is 24.3 Å². The first-order valence-electron chi connectivity index (χ1n) is 5.89. The lowest BCUT2D eigenvalue weighted by Gasteiger charge is -2.11. The van der Waals surface area contributed by atoms with Crippen LogP contribution in [0.2, 0.25) is 5.02 Å². The number of para-hydroxylation sites is 1. The second-order valence-electron chi connectivity index (χ2n) is 4.15. The predicted octanol–water partition coefficient (Wildman–Crippen LogP) is 3.67. The van der Waals surface area contributed by atoms with Gasteiger partial charge in [-0.3, -0.25) is 14.9 Å². The summed E-state index contributed by atoms with van der Waals surface area (Å²) < 4.78 is 5.56. The van der Waals surface area contributed by atoms with Crippen molar-refractivity contribution in [3.05, 3.63) is 63.2 Å². The number of halogens is 1. The number of carbonyl (C=O) groups is 1. The number of nitro groups is 1. The second-order valence-corrected chi connectivity index (χ2v) is 4.56. The van der Waals surface area contributed by atoms with Gasteiger partial charge in [-0.1, -0.05) is 29.8 Å². The molecule has 0 aliphatic heterocycles. The number of benzene rings is 2. The minimum absolute atomic E-state index is 0.0781. The molecule has 2 aromatic carbocycles. The largest absolute Gasteiger partial charge is 0.481 e. The molecule has 0 radical (unpaired) electrons. The first-order valence-corrected chi connectivity index (χ1v) is 6.26. The highest BCUT2D eigenvalue weighted by molar-refractivity contribution is 6.32. The predicted molar refractivity (Wildman–Crippen MR) is 76.0 cm³/mol. The number of hydrogen-bond donors (Lipinski definition) is 1. The molecule has 0 fully saturated rings. The van der Waals surface area contributed by atoms with Crippen LogP contribution in [0, 0.1) is 10.1 Å². The van der Waals surface area contributed by atoms with Gasteiger partial charge in [0, 0.05) is 17.7 Å². The first kappa shape index (κ1) is 14.8. The molecule has 2 rings (SSSR count). The number of rotatable bonds is 5. The highest BCUT2D eigenvalue weighted by Gasteiger charge is 2.13. The Morgan fingerprint density at radius 2 is 1.95 bits per heavy atom. The molecule has 0 aliphatic rings. The van der Waals surface area contributed by atoms with Crippen LogP contribution in [0.3, 0.4) is 0 Å². The van der Waals surface area contributed by atoms with Crippen molar-refractivity contribution in [1.29, 1.82) is 0 Å². The van der Waals surface area contributed by atoms with Gasteiger partial charge in [0.2, 0.25) is 0 Å². The maximum absolute atomic E-state index is 10.8. The summed E-state index contributed by atoms with van der Waals surface area (Å²) in [5.41, 5.74) is 0.339. The third-order valence-electron chi connectivity index (χ3n) is 2.66. The Hall–Kier alpha value is -2.60. The van der Waals surface area contributed by atoms with Gasteiger partial charge in [0.1, 0.15) is 11.5 Å². The second kappa shape index (κ2) is 6.23. The van der Waals surface area contributed by atoms with Crippen LogP contribution in [-0.4, -0.2) is 16.0 Å². The highest BCUT2D eigenvalue weighted by atomic mass is 35.5. The summed E-state index contributed by atoms with van der Waals surface area (Å²) in [6.45, 7) is 0. The van der Waals surface area contributed by atoms with Crippen LogP contribution in [0.5, 0.6) is 11.5 Å². The lowest BCUT2D eigenvalue weighted by atomic mass is 10.1. The Bertz CT molecular complexity index is 702. The molecule has 6 nitrogen and oxygen atoms in total. The molecule has 0 saturated carbocycles. The van der Waals surface area contributed by atoms with E-state index >= 15 is 0 Å². The van der Waals surface area contributed by atoms with Crippen LogP contribution in [0.1, 0.15) is 5.56 Å². The van der Waals surface area contributed by atoms with Crippen LogP contribution < -0.4 is 4.74 Å². The molecule has 0 atom stereocenters. The average molecular weight is 308 g/mol. The molecule has 0 spiro atoms. The number of nitro benzene ring substituents is 1. The molecule has 108 valence electrons. The maximum atomic E-state index is 10.8. The minimum atomic E-state index is -0.985. The Labute approximate surface area is 124 Å². The minimum Gasteiger partial charge on any atom is -0.481 e. The van der Waals surface area contributed by atoms with E-state index in [0.29, 0.717) is 11.3 Å². The molecule has 0 unspecified atom stereocenters. The average Bonchev–Trinajstić information content (AvgIpc) is 2.42. The summed E-state index contributed by atoms with van der Waals surface area (Å²) in [5.74, 6) is -0.420. The van der Waals surface area contributed by atoms with Crippen LogP contribution in [0.15, 0.2) is 42.5 Å². The van der Waals surface area contributed by atoms with Crippen molar-refractivity contribution >= 4 is 23.3 Å². The summed E-state index contributed by atoms with van der Waals surface area (Å²) in [6.07, 6.45) is -0.194. The van der Waals surface area contributed by atoms with E-state index in [0.717, 1.165) is 0 Å². The van der Waals surface area contributed by atoms with Gasteiger partial charge in [-0.05, 0) is 12.1 Å². The summed E-state index contributed by atoms with van der Waals surface area (Å²) in [5, 5.41) is 19.6. The zero-order valence-corrected chi connectivity index (χ0v) is 11.4. The number of nitrogens with zero attached hydrogens (tertiary/aromatic N) is 1. The van der Waals surface area contributed by atoms with Crippen molar-refractivity contribution in [2.45, 2.75) is 6.42 Å². The third-order valence-corrected chi connectivity index (χ3v) is 2.96. The summed E-state index contributed by atoms with van der Waals surface area (Å²) >= 11 is 5.94. The van der Waals surface area contributed by atoms with Crippen molar-refractivity contribution < 1.29 is 19.6 Å². The molecule has 0 saturated heterocycles. The smallest absolute Gasteiger partial charge is 0.307 e. The Kier molecular flexibility index (Phi) is 4.39. The van der Waals surface area contributed by atoms with Gasteiger partial charge in [0.25, 0.3) is 5.69 Å². The Morgan fingerprint density at radius 3 is 2.57 bits per heavy atom. The van der Waals surface area contributed by atoms with Gasteiger partial charge >= 0.3 is 5.97 Å². The monoisotopic (exact) mass is 307 g/mol. The van der Waals surface area contributed by atoms with Crippen LogP contribution in [0.4, 0.5) is 5.69 Å². The van der Waals surface area contributed by atoms with E-state index in [4.69, 9.17) is 21.4 Å². The fraction of sp³-hybridized carbons (Fsp3) is 0.0714. The molecular formula is C14H10ClNO5. The summed E-state index contributed by atoms with van der Waals surface area (Å²) in [7, 11) is 0. The zero-order valence-electron chi connectivity index (χ0n) is 10.7. The van der Waals surface area contributed by atoms with Gasteiger partial charge in [-0.2, -0.15) is 0 Å². The molecular weight excluding hydrogens is 298 g/mol. The van der Waals surface area contributed by atoms with Gasteiger partial charge in [-0.25, -0.2) is 0 Å². The van der Waals surface area contributed by atoms with Crippen molar-refractivity contribution in [1.82, 2.24) is 0 Å². The van der Waals surface area contributed by atoms with Crippen LogP contribution in [0.25, 0.3) is 0 Å². The molecule has 2 aromatic rings. The number of non-ortho nitro benzene ring substituents is 1. The van der Waals surface area contributed by atoms with E-state index in [1.165, 1.54) is 18.2 Å². The van der Waals surface area contributed by atoms with E-state index in [9.17, 15) is 14.9 Å². The van der Waals surface area contributed by atoms with Gasteiger partial charge < -0.3 is 9.84 Å². The van der Waals surface area contributed by atoms with Crippen molar-refractivity contribution in [2.75, 3.05) is 0 Å². The Balaban J connectivity index is 2.30.